The van der Waals surface area contributed by atoms with Crippen molar-refractivity contribution in [1.82, 2.24) is 9.97 Å². The second-order valence-electron chi connectivity index (χ2n) is 5.39. The van der Waals surface area contributed by atoms with Crippen molar-refractivity contribution in [3.05, 3.63) is 24.5 Å². The molecule has 0 spiro atoms. The summed E-state index contributed by atoms with van der Waals surface area (Å²) < 4.78 is 10.2. The fourth-order valence-electron chi connectivity index (χ4n) is 2.93. The number of rotatable bonds is 3. The molecular weight excluding hydrogens is 282 g/mol. The van der Waals surface area contributed by atoms with Crippen LogP contribution in [0, 0.1) is 5.92 Å². The smallest absolute Gasteiger partial charge is 0.310 e. The highest BCUT2D eigenvalue weighted by Gasteiger charge is 2.28. The molecule has 116 valence electrons. The molecule has 1 aromatic heterocycles. The maximum Gasteiger partial charge on any atom is 0.310 e. The molecule has 1 saturated heterocycles. The molecule has 2 heterocycles. The van der Waals surface area contributed by atoms with Gasteiger partial charge in [0.1, 0.15) is 17.9 Å². The van der Waals surface area contributed by atoms with E-state index in [2.05, 4.69) is 14.9 Å². The largest absolute Gasteiger partial charge is 0.497 e. The molecule has 0 saturated carbocycles. The van der Waals surface area contributed by atoms with E-state index < -0.39 is 0 Å². The monoisotopic (exact) mass is 301 g/mol. The summed E-state index contributed by atoms with van der Waals surface area (Å²) in [7, 11) is 3.07. The predicted molar refractivity (Wildman–Crippen MR) is 83.0 cm³/mol. The molecule has 0 aliphatic carbocycles. The van der Waals surface area contributed by atoms with E-state index in [1.165, 1.54) is 7.11 Å². The maximum atomic E-state index is 11.8. The van der Waals surface area contributed by atoms with E-state index in [0.717, 1.165) is 41.9 Å². The molecule has 1 atom stereocenters. The minimum absolute atomic E-state index is 0.102. The van der Waals surface area contributed by atoms with Crippen molar-refractivity contribution in [2.75, 3.05) is 32.2 Å². The van der Waals surface area contributed by atoms with Crippen molar-refractivity contribution in [3.8, 4) is 5.75 Å². The Kier molecular flexibility index (Phi) is 4.09. The number of aromatic nitrogens is 2. The van der Waals surface area contributed by atoms with Crippen LogP contribution in [0.4, 0.5) is 5.82 Å². The average Bonchev–Trinajstić information content (AvgIpc) is 2.60. The number of methoxy groups -OCH3 is 2. The first-order chi connectivity index (χ1) is 10.7. The summed E-state index contributed by atoms with van der Waals surface area (Å²) in [6.45, 7) is 1.49. The highest BCUT2D eigenvalue weighted by atomic mass is 16.5. The number of benzene rings is 1. The van der Waals surface area contributed by atoms with Crippen LogP contribution < -0.4 is 9.64 Å². The molecular formula is C16H19N3O3. The molecule has 6 nitrogen and oxygen atoms in total. The van der Waals surface area contributed by atoms with E-state index in [-0.39, 0.29) is 11.9 Å². The molecule has 1 aliphatic rings. The molecule has 6 heteroatoms. The number of anilines is 1. The van der Waals surface area contributed by atoms with Gasteiger partial charge < -0.3 is 14.4 Å². The maximum absolute atomic E-state index is 11.8. The van der Waals surface area contributed by atoms with Crippen LogP contribution in [0.3, 0.4) is 0 Å². The Balaban J connectivity index is 1.96. The van der Waals surface area contributed by atoms with Crippen molar-refractivity contribution in [1.29, 1.82) is 0 Å². The van der Waals surface area contributed by atoms with Gasteiger partial charge >= 0.3 is 5.97 Å². The van der Waals surface area contributed by atoms with Gasteiger partial charge in [0.2, 0.25) is 0 Å². The summed E-state index contributed by atoms with van der Waals surface area (Å²) in [5.41, 5.74) is 0.867. The van der Waals surface area contributed by atoms with Crippen LogP contribution in [0.1, 0.15) is 12.8 Å². The molecule has 1 aromatic carbocycles. The Morgan fingerprint density at radius 2 is 2.18 bits per heavy atom. The van der Waals surface area contributed by atoms with Gasteiger partial charge in [0.15, 0.2) is 0 Å². The van der Waals surface area contributed by atoms with Gasteiger partial charge in [-0.25, -0.2) is 9.97 Å². The Hall–Kier alpha value is -2.37. The first-order valence-electron chi connectivity index (χ1n) is 7.34. The zero-order chi connectivity index (χ0) is 15.5. The van der Waals surface area contributed by atoms with Crippen molar-refractivity contribution in [3.63, 3.8) is 0 Å². The summed E-state index contributed by atoms with van der Waals surface area (Å²) >= 11 is 0. The molecule has 2 aromatic rings. The number of fused-ring (bicyclic) bond motifs is 1. The molecule has 0 N–H and O–H groups in total. The highest BCUT2D eigenvalue weighted by molar-refractivity contribution is 5.90. The number of piperidine rings is 1. The number of nitrogens with zero attached hydrogens (tertiary/aromatic N) is 3. The van der Waals surface area contributed by atoms with Gasteiger partial charge in [-0.2, -0.15) is 0 Å². The SMILES string of the molecule is COC(=O)C1CCCN(c2ncnc3ccc(OC)cc23)C1. The number of esters is 1. The molecule has 1 unspecified atom stereocenters. The van der Waals surface area contributed by atoms with E-state index >= 15 is 0 Å². The Morgan fingerprint density at radius 3 is 2.95 bits per heavy atom. The standard InChI is InChI=1S/C16H19N3O3/c1-21-12-5-6-14-13(8-12)15(18-10-17-14)19-7-3-4-11(9-19)16(20)22-2/h5-6,8,10-11H,3-4,7,9H2,1-2H3. The third-order valence-corrected chi connectivity index (χ3v) is 4.08. The highest BCUT2D eigenvalue weighted by Crippen LogP contribution is 2.30. The van der Waals surface area contributed by atoms with Gasteiger partial charge in [-0.3, -0.25) is 4.79 Å². The fourth-order valence-corrected chi connectivity index (χ4v) is 2.93. The van der Waals surface area contributed by atoms with Crippen molar-refractivity contribution in [2.45, 2.75) is 12.8 Å². The number of hydrogen-bond acceptors (Lipinski definition) is 6. The molecule has 1 fully saturated rings. The quantitative estimate of drug-likeness (QED) is 0.808. The molecule has 1 aliphatic heterocycles. The summed E-state index contributed by atoms with van der Waals surface area (Å²) in [4.78, 5) is 22.7. The van der Waals surface area contributed by atoms with Crippen molar-refractivity contribution in [2.24, 2.45) is 5.92 Å². The van der Waals surface area contributed by atoms with Crippen LogP contribution in [-0.2, 0) is 9.53 Å². The summed E-state index contributed by atoms with van der Waals surface area (Å²) in [5.74, 6) is 1.36. The van der Waals surface area contributed by atoms with Crippen molar-refractivity contribution < 1.29 is 14.3 Å². The minimum Gasteiger partial charge on any atom is -0.497 e. The third kappa shape index (κ3) is 2.68. The Bertz CT molecular complexity index is 689. The molecule has 22 heavy (non-hydrogen) atoms. The van der Waals surface area contributed by atoms with E-state index in [1.807, 2.05) is 18.2 Å². The topological polar surface area (TPSA) is 64.5 Å². The molecule has 0 radical (unpaired) electrons. The average molecular weight is 301 g/mol. The number of hydrogen-bond donors (Lipinski definition) is 0. The van der Waals surface area contributed by atoms with E-state index in [0.29, 0.717) is 6.54 Å². The zero-order valence-corrected chi connectivity index (χ0v) is 12.8. The van der Waals surface area contributed by atoms with Gasteiger partial charge in [0.25, 0.3) is 0 Å². The number of ether oxygens (including phenoxy) is 2. The Labute approximate surface area is 129 Å². The normalized spacial score (nSPS) is 18.3. The van der Waals surface area contributed by atoms with Crippen LogP contribution in [-0.4, -0.2) is 43.2 Å². The van der Waals surface area contributed by atoms with E-state index in [1.54, 1.807) is 13.4 Å². The summed E-state index contributed by atoms with van der Waals surface area (Å²) in [5, 5.41) is 0.937. The molecule has 3 rings (SSSR count). The summed E-state index contributed by atoms with van der Waals surface area (Å²) in [6.07, 6.45) is 3.36. The van der Waals surface area contributed by atoms with Crippen LogP contribution in [0.15, 0.2) is 24.5 Å². The second-order valence-corrected chi connectivity index (χ2v) is 5.39. The molecule has 0 amide bonds. The number of carbonyl (C=O) groups excluding carboxylic acids is 1. The van der Waals surface area contributed by atoms with Crippen LogP contribution in [0.5, 0.6) is 5.75 Å². The lowest BCUT2D eigenvalue weighted by molar-refractivity contribution is -0.145. The lowest BCUT2D eigenvalue weighted by Gasteiger charge is -2.32. The van der Waals surface area contributed by atoms with Gasteiger partial charge in [-0.15, -0.1) is 0 Å². The van der Waals surface area contributed by atoms with E-state index in [4.69, 9.17) is 9.47 Å². The van der Waals surface area contributed by atoms with Crippen LogP contribution in [0.25, 0.3) is 10.9 Å². The van der Waals surface area contributed by atoms with Gasteiger partial charge in [0.05, 0.1) is 25.7 Å². The third-order valence-electron chi connectivity index (χ3n) is 4.08. The first-order valence-corrected chi connectivity index (χ1v) is 7.34. The predicted octanol–water partition coefficient (Wildman–Crippen LogP) is 2.03. The van der Waals surface area contributed by atoms with Crippen LogP contribution >= 0.6 is 0 Å². The lowest BCUT2D eigenvalue weighted by Crippen LogP contribution is -2.39. The van der Waals surface area contributed by atoms with E-state index in [9.17, 15) is 4.79 Å². The van der Waals surface area contributed by atoms with Gasteiger partial charge in [0, 0.05) is 18.5 Å². The molecule has 0 bridgehead atoms. The fraction of sp³-hybridized carbons (Fsp3) is 0.438. The van der Waals surface area contributed by atoms with Crippen LogP contribution in [0.2, 0.25) is 0 Å². The summed E-state index contributed by atoms with van der Waals surface area (Å²) in [6, 6.07) is 5.74. The second kappa shape index (κ2) is 6.17. The minimum atomic E-state index is -0.152. The number of carbonyl (C=O) groups is 1. The van der Waals surface area contributed by atoms with Gasteiger partial charge in [-0.1, -0.05) is 0 Å². The zero-order valence-electron chi connectivity index (χ0n) is 12.8. The Morgan fingerprint density at radius 1 is 1.32 bits per heavy atom. The van der Waals surface area contributed by atoms with Crippen molar-refractivity contribution >= 4 is 22.7 Å². The van der Waals surface area contributed by atoms with Gasteiger partial charge in [-0.05, 0) is 31.0 Å². The first kappa shape index (κ1) is 14.6. The lowest BCUT2D eigenvalue weighted by atomic mass is 9.98.